The van der Waals surface area contributed by atoms with E-state index in [9.17, 15) is 23.3 Å². The number of hydrogen-bond acceptors (Lipinski definition) is 9. The maximum atomic E-state index is 13.6. The molecule has 1 fully saturated rings. The number of nitrogens with zero attached hydrogens (tertiary/aromatic N) is 6. The number of aryl methyl sites for hydroxylation is 2. The van der Waals surface area contributed by atoms with E-state index < -0.39 is 21.6 Å². The predicted octanol–water partition coefficient (Wildman–Crippen LogP) is 1.70. The number of anilines is 1. The van der Waals surface area contributed by atoms with E-state index in [4.69, 9.17) is 0 Å². The molecule has 1 amide bonds. The monoisotopic (exact) mass is 565 g/mol. The van der Waals surface area contributed by atoms with Crippen molar-refractivity contribution in [2.24, 2.45) is 7.05 Å². The van der Waals surface area contributed by atoms with Crippen LogP contribution in [-0.4, -0.2) is 77.5 Å². The van der Waals surface area contributed by atoms with Gasteiger partial charge in [-0.3, -0.25) is 14.3 Å². The molecule has 0 aliphatic carbocycles. The molecule has 1 aliphatic heterocycles. The van der Waals surface area contributed by atoms with Crippen LogP contribution in [0.3, 0.4) is 0 Å². The van der Waals surface area contributed by atoms with E-state index in [2.05, 4.69) is 26.3 Å². The van der Waals surface area contributed by atoms with E-state index in [1.165, 1.54) is 4.57 Å². The van der Waals surface area contributed by atoms with Crippen LogP contribution in [0.2, 0.25) is 0 Å². The van der Waals surface area contributed by atoms with Crippen molar-refractivity contribution in [2.75, 3.05) is 36.5 Å². The summed E-state index contributed by atoms with van der Waals surface area (Å²) in [7, 11) is -1.60. The van der Waals surface area contributed by atoms with Crippen LogP contribution in [-0.2, 0) is 21.7 Å². The molecule has 3 aromatic rings. The number of nitrogens with one attached hydrogen (secondary N) is 1. The first-order valence-corrected chi connectivity index (χ1v) is 15.3. The Morgan fingerprint density at radius 3 is 2.50 bits per heavy atom. The maximum absolute atomic E-state index is 13.6. The molecule has 0 radical (unpaired) electrons. The van der Waals surface area contributed by atoms with Gasteiger partial charge in [0.05, 0.1) is 11.3 Å². The summed E-state index contributed by atoms with van der Waals surface area (Å²) >= 11 is 0. The molecule has 1 aliphatic rings. The molecule has 12 heteroatoms. The van der Waals surface area contributed by atoms with Gasteiger partial charge in [0.25, 0.3) is 0 Å². The Bertz CT molecular complexity index is 1610. The van der Waals surface area contributed by atoms with Gasteiger partial charge in [0.15, 0.2) is 5.82 Å². The van der Waals surface area contributed by atoms with Gasteiger partial charge >= 0.3 is 5.69 Å². The lowest BCUT2D eigenvalue weighted by Crippen LogP contribution is -2.60. The molecule has 40 heavy (non-hydrogen) atoms. The van der Waals surface area contributed by atoms with Crippen molar-refractivity contribution in [1.29, 1.82) is 5.26 Å². The van der Waals surface area contributed by atoms with Crippen molar-refractivity contribution in [2.45, 2.75) is 45.3 Å². The zero-order chi connectivity index (χ0) is 29.2. The van der Waals surface area contributed by atoms with Crippen molar-refractivity contribution in [1.82, 2.24) is 24.8 Å². The number of amides is 1. The van der Waals surface area contributed by atoms with Crippen LogP contribution in [0.15, 0.2) is 41.2 Å². The van der Waals surface area contributed by atoms with Crippen LogP contribution < -0.4 is 15.9 Å². The molecular weight excluding hydrogens is 530 g/mol. The number of aromatic nitrogens is 3. The van der Waals surface area contributed by atoms with E-state index in [0.29, 0.717) is 36.4 Å². The smallest absolute Gasteiger partial charge is 0.349 e. The van der Waals surface area contributed by atoms with Crippen LogP contribution in [0.5, 0.6) is 0 Å². The van der Waals surface area contributed by atoms with Gasteiger partial charge in [-0.1, -0.05) is 36.8 Å². The summed E-state index contributed by atoms with van der Waals surface area (Å²) in [4.78, 5) is 39.4. The number of pyridine rings is 1. The second-order valence-electron chi connectivity index (χ2n) is 10.4. The summed E-state index contributed by atoms with van der Waals surface area (Å²) in [6.07, 6.45) is 1.86. The van der Waals surface area contributed by atoms with Crippen molar-refractivity contribution in [3.63, 3.8) is 0 Å². The highest BCUT2D eigenvalue weighted by Crippen LogP contribution is 2.33. The van der Waals surface area contributed by atoms with Crippen LogP contribution in [0, 0.1) is 18.3 Å². The molecule has 212 valence electrons. The Hall–Kier alpha value is -3.82. The summed E-state index contributed by atoms with van der Waals surface area (Å²) in [5.74, 6) is 0.0227. The van der Waals surface area contributed by atoms with E-state index in [1.54, 1.807) is 19.2 Å². The van der Waals surface area contributed by atoms with E-state index in [0.717, 1.165) is 17.4 Å². The number of benzene rings is 1. The van der Waals surface area contributed by atoms with E-state index in [-0.39, 0.29) is 36.0 Å². The summed E-state index contributed by atoms with van der Waals surface area (Å²) < 4.78 is 24.7. The number of sulfone groups is 1. The Labute approximate surface area is 234 Å². The fraction of sp³-hybridized carbons (Fsp3) is 0.464. The lowest BCUT2D eigenvalue weighted by molar-refractivity contribution is -0.128. The fourth-order valence-electron chi connectivity index (χ4n) is 5.21. The van der Waals surface area contributed by atoms with Gasteiger partial charge < -0.3 is 10.2 Å². The highest BCUT2D eigenvalue weighted by atomic mass is 32.2. The highest BCUT2D eigenvalue weighted by Gasteiger charge is 2.39. The van der Waals surface area contributed by atoms with Crippen LogP contribution >= 0.6 is 0 Å². The topological polar surface area (TPSA) is 141 Å². The molecule has 0 saturated carbocycles. The minimum Gasteiger partial charge on any atom is -0.353 e. The van der Waals surface area contributed by atoms with Gasteiger partial charge in [0.1, 0.15) is 33.2 Å². The molecule has 11 nitrogen and oxygen atoms in total. The molecule has 3 heterocycles. The standard InChI is InChI=1S/C28H35N7O4S/c1-6-22-17-34(26-24-23(33(4)28(37)32-26)12-11-21(15-29)31-24)19(3)16-35(22)25(20-9-7-18(2)8-10-20)27(36)30-13-14-40(5,38)39/h7-12,19,22,25H,6,13-14,16-17H2,1-5H3,(H,30,36)/t19-,22+,25?/m0/s1. The first-order valence-electron chi connectivity index (χ1n) is 13.3. The van der Waals surface area contributed by atoms with Gasteiger partial charge in [-0.25, -0.2) is 18.2 Å². The molecule has 0 bridgehead atoms. The highest BCUT2D eigenvalue weighted by molar-refractivity contribution is 7.90. The van der Waals surface area contributed by atoms with Crippen molar-refractivity contribution in [3.8, 4) is 6.07 Å². The average Bonchev–Trinajstić information content (AvgIpc) is 2.91. The van der Waals surface area contributed by atoms with Crippen molar-refractivity contribution >= 4 is 32.6 Å². The number of nitriles is 1. The Balaban J connectivity index is 1.72. The van der Waals surface area contributed by atoms with Crippen molar-refractivity contribution < 1.29 is 13.2 Å². The van der Waals surface area contributed by atoms with Gasteiger partial charge in [0.2, 0.25) is 5.91 Å². The Morgan fingerprint density at radius 2 is 1.88 bits per heavy atom. The second-order valence-corrected chi connectivity index (χ2v) is 12.7. The molecular formula is C28H35N7O4S. The third-order valence-corrected chi connectivity index (χ3v) is 8.37. The van der Waals surface area contributed by atoms with Crippen molar-refractivity contribution in [3.05, 3.63) is 63.7 Å². The molecule has 3 atom stereocenters. The molecule has 4 rings (SSSR count). The normalized spacial score (nSPS) is 18.9. The molecule has 1 saturated heterocycles. The zero-order valence-electron chi connectivity index (χ0n) is 23.5. The van der Waals surface area contributed by atoms with E-state index in [1.807, 2.05) is 49.9 Å². The molecule has 2 aromatic heterocycles. The van der Waals surface area contributed by atoms with E-state index >= 15 is 0 Å². The average molecular weight is 566 g/mol. The lowest BCUT2D eigenvalue weighted by atomic mass is 9.96. The summed E-state index contributed by atoms with van der Waals surface area (Å²) in [6.45, 7) is 7.01. The molecule has 1 N–H and O–H groups in total. The Kier molecular flexibility index (Phi) is 8.56. The first-order chi connectivity index (χ1) is 18.9. The minimum absolute atomic E-state index is 0.0302. The quantitative estimate of drug-likeness (QED) is 0.432. The number of carbonyl (C=O) groups excluding carboxylic acids is 1. The number of rotatable bonds is 8. The van der Waals surface area contributed by atoms with Gasteiger partial charge in [-0.05, 0) is 38.0 Å². The summed E-state index contributed by atoms with van der Waals surface area (Å²) in [5, 5.41) is 12.3. The van der Waals surface area contributed by atoms with Crippen LogP contribution in [0.1, 0.15) is 43.1 Å². The fourth-order valence-corrected chi connectivity index (χ4v) is 5.68. The molecule has 1 aromatic carbocycles. The van der Waals surface area contributed by atoms with Crippen LogP contribution in [0.25, 0.3) is 11.0 Å². The number of fused-ring (bicyclic) bond motifs is 1. The third kappa shape index (κ3) is 6.16. The van der Waals surface area contributed by atoms with Gasteiger partial charge in [-0.15, -0.1) is 0 Å². The van der Waals surface area contributed by atoms with Crippen LogP contribution in [0.4, 0.5) is 5.82 Å². The number of piperazine rings is 1. The Morgan fingerprint density at radius 1 is 1.18 bits per heavy atom. The zero-order valence-corrected chi connectivity index (χ0v) is 24.3. The van der Waals surface area contributed by atoms with Gasteiger partial charge in [0, 0.05) is 45.0 Å². The SMILES string of the molecule is CC[C@@H]1CN(c2nc(=O)n(C)c3ccc(C#N)nc23)[C@@H](C)CN1C(C(=O)NCCS(C)(=O)=O)c1ccc(C)cc1. The minimum atomic E-state index is -3.23. The molecule has 1 unspecified atom stereocenters. The molecule has 0 spiro atoms. The largest absolute Gasteiger partial charge is 0.353 e. The lowest BCUT2D eigenvalue weighted by Gasteiger charge is -2.48. The summed E-state index contributed by atoms with van der Waals surface area (Å²) in [5.41, 5.74) is 2.76. The summed E-state index contributed by atoms with van der Waals surface area (Å²) in [6, 6.07) is 12.3. The first kappa shape index (κ1) is 29.2. The van der Waals surface area contributed by atoms with Gasteiger partial charge in [-0.2, -0.15) is 10.2 Å². The predicted molar refractivity (Wildman–Crippen MR) is 154 cm³/mol. The maximum Gasteiger partial charge on any atom is 0.349 e. The second kappa shape index (κ2) is 11.7. The number of carbonyl (C=O) groups is 1. The number of hydrogen-bond donors (Lipinski definition) is 1. The third-order valence-electron chi connectivity index (χ3n) is 7.42.